The highest BCUT2D eigenvalue weighted by Crippen LogP contribution is 2.36. The summed E-state index contributed by atoms with van der Waals surface area (Å²) in [5.41, 5.74) is 7.18. The Morgan fingerprint density at radius 2 is 2.38 bits per heavy atom. The van der Waals surface area contributed by atoms with Crippen LogP contribution in [-0.4, -0.2) is 19.6 Å². The van der Waals surface area contributed by atoms with Crippen molar-refractivity contribution in [2.24, 2.45) is 5.73 Å². The molecule has 1 aromatic carbocycles. The van der Waals surface area contributed by atoms with Gasteiger partial charge < -0.3 is 10.5 Å². The van der Waals surface area contributed by atoms with E-state index in [9.17, 15) is 4.79 Å². The molecule has 2 N–H and O–H groups in total. The third-order valence-electron chi connectivity index (χ3n) is 2.62. The van der Waals surface area contributed by atoms with Crippen molar-refractivity contribution in [3.8, 4) is 11.8 Å². The Labute approximate surface area is 93.0 Å². The fraction of sp³-hybridized carbons (Fsp3) is 0.273. The fourth-order valence-electron chi connectivity index (χ4n) is 1.81. The smallest absolute Gasteiger partial charge is 0.249 e. The third kappa shape index (κ3) is 1.40. The Hall–Kier alpha value is -2.06. The van der Waals surface area contributed by atoms with Gasteiger partial charge in [0.25, 0.3) is 0 Å². The zero-order chi connectivity index (χ0) is 11.7. The summed E-state index contributed by atoms with van der Waals surface area (Å²) >= 11 is 0. The van der Waals surface area contributed by atoms with Gasteiger partial charge in [-0.3, -0.25) is 9.69 Å². The van der Waals surface area contributed by atoms with Crippen LogP contribution in [0.15, 0.2) is 18.2 Å². The maximum absolute atomic E-state index is 11.8. The van der Waals surface area contributed by atoms with Crippen LogP contribution in [0.5, 0.6) is 5.75 Å². The summed E-state index contributed by atoms with van der Waals surface area (Å²) in [6, 6.07) is 6.47. The first-order valence-electron chi connectivity index (χ1n) is 4.81. The van der Waals surface area contributed by atoms with E-state index >= 15 is 0 Å². The summed E-state index contributed by atoms with van der Waals surface area (Å²) in [7, 11) is 1.55. The highest BCUT2D eigenvalue weighted by atomic mass is 16.5. The molecule has 1 heterocycles. The van der Waals surface area contributed by atoms with Gasteiger partial charge in [0.15, 0.2) is 0 Å². The number of nitrogens with zero attached hydrogens (tertiary/aromatic N) is 2. The Kier molecular flexibility index (Phi) is 2.50. The first-order chi connectivity index (χ1) is 7.69. The number of carbonyl (C=O) groups is 1. The quantitative estimate of drug-likeness (QED) is 0.734. The first-order valence-corrected chi connectivity index (χ1v) is 4.81. The summed E-state index contributed by atoms with van der Waals surface area (Å²) < 4.78 is 5.07. The van der Waals surface area contributed by atoms with Gasteiger partial charge in [-0.25, -0.2) is 0 Å². The van der Waals surface area contributed by atoms with Crippen LogP contribution < -0.4 is 15.4 Å². The topological polar surface area (TPSA) is 79.3 Å². The average molecular weight is 217 g/mol. The lowest BCUT2D eigenvalue weighted by atomic mass is 10.1. The molecular formula is C11H11N3O2. The number of hydrogen-bond donors (Lipinski definition) is 1. The van der Waals surface area contributed by atoms with E-state index in [4.69, 9.17) is 15.7 Å². The molecule has 0 saturated carbocycles. The van der Waals surface area contributed by atoms with Crippen LogP contribution in [0.4, 0.5) is 5.69 Å². The van der Waals surface area contributed by atoms with Crippen LogP contribution in [0.1, 0.15) is 11.6 Å². The second-order valence-corrected chi connectivity index (χ2v) is 3.48. The third-order valence-corrected chi connectivity index (χ3v) is 2.62. The summed E-state index contributed by atoms with van der Waals surface area (Å²) in [6.07, 6.45) is 0. The van der Waals surface area contributed by atoms with Gasteiger partial charge in [0, 0.05) is 5.56 Å². The molecular weight excluding hydrogens is 206 g/mol. The maximum atomic E-state index is 11.8. The van der Waals surface area contributed by atoms with Crippen molar-refractivity contribution in [2.45, 2.75) is 6.04 Å². The van der Waals surface area contributed by atoms with Gasteiger partial charge >= 0.3 is 0 Å². The fourth-order valence-corrected chi connectivity index (χ4v) is 1.81. The molecule has 1 aromatic rings. The van der Waals surface area contributed by atoms with Crippen molar-refractivity contribution in [1.82, 2.24) is 0 Å². The number of amides is 1. The molecule has 1 aliphatic heterocycles. The highest BCUT2D eigenvalue weighted by molar-refractivity contribution is 6.04. The van der Waals surface area contributed by atoms with Crippen LogP contribution >= 0.6 is 0 Å². The van der Waals surface area contributed by atoms with Crippen LogP contribution in [0.25, 0.3) is 0 Å². The molecule has 1 amide bonds. The molecule has 1 aliphatic rings. The van der Waals surface area contributed by atoms with Gasteiger partial charge in [-0.2, -0.15) is 5.26 Å². The molecule has 5 nitrogen and oxygen atoms in total. The van der Waals surface area contributed by atoms with Crippen molar-refractivity contribution >= 4 is 11.6 Å². The molecule has 5 heteroatoms. The number of rotatable bonds is 2. The van der Waals surface area contributed by atoms with E-state index in [1.807, 2.05) is 6.07 Å². The number of nitriles is 1. The number of nitrogens with two attached hydrogens (primary N) is 1. The van der Waals surface area contributed by atoms with Crippen LogP contribution in [0, 0.1) is 11.3 Å². The number of hydrogen-bond acceptors (Lipinski definition) is 4. The molecule has 0 radical (unpaired) electrons. The molecule has 16 heavy (non-hydrogen) atoms. The van der Waals surface area contributed by atoms with Crippen molar-refractivity contribution in [3.63, 3.8) is 0 Å². The van der Waals surface area contributed by atoms with Crippen molar-refractivity contribution in [3.05, 3.63) is 23.8 Å². The minimum Gasteiger partial charge on any atom is -0.497 e. The predicted octanol–water partition coefficient (Wildman–Crippen LogP) is 0.565. The van der Waals surface area contributed by atoms with Gasteiger partial charge in [0.05, 0.1) is 18.9 Å². The lowest BCUT2D eigenvalue weighted by molar-refractivity contribution is -0.119. The van der Waals surface area contributed by atoms with Gasteiger partial charge in [-0.05, 0) is 18.2 Å². The molecule has 0 bridgehead atoms. The normalized spacial score (nSPS) is 18.2. The molecule has 1 atom stereocenters. The van der Waals surface area contributed by atoms with Crippen molar-refractivity contribution < 1.29 is 9.53 Å². The number of anilines is 1. The number of ether oxygens (including phenoxy) is 1. The van der Waals surface area contributed by atoms with E-state index in [0.717, 1.165) is 0 Å². The molecule has 1 unspecified atom stereocenters. The van der Waals surface area contributed by atoms with Crippen LogP contribution in [0.3, 0.4) is 0 Å². The molecule has 82 valence electrons. The van der Waals surface area contributed by atoms with Crippen LogP contribution in [-0.2, 0) is 4.79 Å². The van der Waals surface area contributed by atoms with E-state index in [-0.39, 0.29) is 12.5 Å². The summed E-state index contributed by atoms with van der Waals surface area (Å²) in [5, 5.41) is 8.65. The van der Waals surface area contributed by atoms with Gasteiger partial charge in [0.1, 0.15) is 18.3 Å². The van der Waals surface area contributed by atoms with Gasteiger partial charge in [-0.1, -0.05) is 0 Å². The standard InChI is InChI=1S/C11H11N3O2/c1-16-7-2-3-9-8(6-7)10(13)11(15)14(9)5-4-12/h2-3,6,10H,5,13H2,1H3. The SMILES string of the molecule is COc1ccc2c(c1)C(N)C(=O)N2CC#N. The Morgan fingerprint density at radius 1 is 1.62 bits per heavy atom. The second-order valence-electron chi connectivity index (χ2n) is 3.48. The van der Waals surface area contributed by atoms with E-state index in [0.29, 0.717) is 17.0 Å². The molecule has 0 aliphatic carbocycles. The zero-order valence-electron chi connectivity index (χ0n) is 8.80. The Bertz CT molecular complexity index is 479. The molecule has 2 rings (SSSR count). The number of fused-ring (bicyclic) bond motifs is 1. The monoisotopic (exact) mass is 217 g/mol. The van der Waals surface area contributed by atoms with Crippen molar-refractivity contribution in [2.75, 3.05) is 18.6 Å². The predicted molar refractivity (Wildman–Crippen MR) is 57.9 cm³/mol. The largest absolute Gasteiger partial charge is 0.497 e. The number of methoxy groups -OCH3 is 1. The van der Waals surface area contributed by atoms with Crippen LogP contribution in [0.2, 0.25) is 0 Å². The molecule has 0 aromatic heterocycles. The second kappa shape index (κ2) is 3.83. The zero-order valence-corrected chi connectivity index (χ0v) is 8.80. The molecule has 0 spiro atoms. The van der Waals surface area contributed by atoms with E-state index < -0.39 is 6.04 Å². The first kappa shape index (κ1) is 10.5. The van der Waals surface area contributed by atoms with E-state index in [2.05, 4.69) is 0 Å². The minimum atomic E-state index is -0.696. The summed E-state index contributed by atoms with van der Waals surface area (Å²) in [5.74, 6) is 0.408. The maximum Gasteiger partial charge on any atom is 0.249 e. The summed E-state index contributed by atoms with van der Waals surface area (Å²) in [6.45, 7) is 0.0197. The Balaban J connectivity index is 2.48. The number of benzene rings is 1. The average Bonchev–Trinajstić information content (AvgIpc) is 2.54. The van der Waals surface area contributed by atoms with E-state index in [1.165, 1.54) is 4.90 Å². The minimum absolute atomic E-state index is 0.0197. The lowest BCUT2D eigenvalue weighted by Gasteiger charge is -2.12. The molecule has 0 saturated heterocycles. The number of carbonyl (C=O) groups excluding carboxylic acids is 1. The summed E-state index contributed by atoms with van der Waals surface area (Å²) in [4.78, 5) is 13.1. The van der Waals surface area contributed by atoms with E-state index in [1.54, 1.807) is 25.3 Å². The Morgan fingerprint density at radius 3 is 3.00 bits per heavy atom. The van der Waals surface area contributed by atoms with Crippen molar-refractivity contribution in [1.29, 1.82) is 5.26 Å². The lowest BCUT2D eigenvalue weighted by Crippen LogP contribution is -2.31. The highest BCUT2D eigenvalue weighted by Gasteiger charge is 2.34. The van der Waals surface area contributed by atoms with Gasteiger partial charge in [-0.15, -0.1) is 0 Å². The van der Waals surface area contributed by atoms with Gasteiger partial charge in [0.2, 0.25) is 5.91 Å². The molecule has 0 fully saturated rings.